The first kappa shape index (κ1) is 20.5. The van der Waals surface area contributed by atoms with Crippen molar-refractivity contribution in [2.24, 2.45) is 0 Å². The van der Waals surface area contributed by atoms with Crippen molar-refractivity contribution in [2.75, 3.05) is 13.7 Å². The van der Waals surface area contributed by atoms with Gasteiger partial charge in [-0.25, -0.2) is 4.79 Å². The highest BCUT2D eigenvalue weighted by Gasteiger charge is 2.08. The minimum atomic E-state index is -0.446. The van der Waals surface area contributed by atoms with Crippen molar-refractivity contribution >= 4 is 18.0 Å². The number of methoxy groups -OCH3 is 1. The number of ether oxygens (including phenoxy) is 2. The molecule has 0 radical (unpaired) electrons. The molecule has 0 unspecified atom stereocenters. The van der Waals surface area contributed by atoms with Gasteiger partial charge in [0.05, 0.1) is 12.7 Å². The minimum absolute atomic E-state index is 0.0150. The van der Waals surface area contributed by atoms with Crippen LogP contribution >= 0.6 is 0 Å². The molecule has 1 N–H and O–H groups in total. The zero-order chi connectivity index (χ0) is 20.4. The molecule has 0 atom stereocenters. The summed E-state index contributed by atoms with van der Waals surface area (Å²) in [7, 11) is 1.34. The van der Waals surface area contributed by atoms with E-state index in [2.05, 4.69) is 16.6 Å². The van der Waals surface area contributed by atoms with E-state index in [0.717, 1.165) is 5.56 Å². The van der Waals surface area contributed by atoms with E-state index in [0.29, 0.717) is 30.0 Å². The second-order valence-corrected chi connectivity index (χ2v) is 5.71. The Labute approximate surface area is 163 Å². The summed E-state index contributed by atoms with van der Waals surface area (Å²) >= 11 is 0. The Kier molecular flexibility index (Phi) is 7.55. The van der Waals surface area contributed by atoms with Gasteiger partial charge in [0.25, 0.3) is 5.91 Å². The molecule has 28 heavy (non-hydrogen) atoms. The number of rotatable bonds is 8. The Hall–Kier alpha value is -3.85. The van der Waals surface area contributed by atoms with Crippen LogP contribution in [-0.2, 0) is 16.1 Å². The van der Waals surface area contributed by atoms with Gasteiger partial charge in [0.2, 0.25) is 0 Å². The average molecular weight is 376 g/mol. The van der Waals surface area contributed by atoms with Crippen molar-refractivity contribution in [3.63, 3.8) is 0 Å². The summed E-state index contributed by atoms with van der Waals surface area (Å²) in [5.41, 5.74) is 2.11. The fraction of sp³-hybridized carbons (Fsp3) is 0.136. The first-order valence-electron chi connectivity index (χ1n) is 8.48. The summed E-state index contributed by atoms with van der Waals surface area (Å²) in [5, 5.41) is 11.7. The maximum atomic E-state index is 11.8. The third-order valence-corrected chi connectivity index (χ3v) is 3.74. The largest absolute Gasteiger partial charge is 0.489 e. The molecule has 2 aromatic rings. The summed E-state index contributed by atoms with van der Waals surface area (Å²) < 4.78 is 10.4. The Balaban J connectivity index is 1.97. The van der Waals surface area contributed by atoms with Crippen LogP contribution in [-0.4, -0.2) is 25.5 Å². The summed E-state index contributed by atoms with van der Waals surface area (Å²) in [6.07, 6.45) is 3.05. The number of hydrogen-bond acceptors (Lipinski definition) is 5. The van der Waals surface area contributed by atoms with Gasteiger partial charge in [-0.2, -0.15) is 5.26 Å². The summed E-state index contributed by atoms with van der Waals surface area (Å²) in [6.45, 7) is 4.15. The lowest BCUT2D eigenvalue weighted by Gasteiger charge is -2.07. The van der Waals surface area contributed by atoms with Crippen LogP contribution in [0.1, 0.15) is 21.5 Å². The molecule has 0 heterocycles. The molecular weight excluding hydrogens is 356 g/mol. The first-order valence-corrected chi connectivity index (χ1v) is 8.48. The molecule has 0 aliphatic heterocycles. The van der Waals surface area contributed by atoms with Crippen molar-refractivity contribution < 1.29 is 19.1 Å². The molecule has 2 aromatic carbocycles. The second-order valence-electron chi connectivity index (χ2n) is 5.71. The minimum Gasteiger partial charge on any atom is -0.489 e. The Morgan fingerprint density at radius 2 is 1.82 bits per heavy atom. The molecule has 2 rings (SSSR count). The molecule has 0 fully saturated rings. The van der Waals surface area contributed by atoms with Crippen LogP contribution in [0.4, 0.5) is 0 Å². The molecule has 6 nitrogen and oxygen atoms in total. The van der Waals surface area contributed by atoms with Gasteiger partial charge in [-0.15, -0.1) is 6.58 Å². The third-order valence-electron chi connectivity index (χ3n) is 3.74. The van der Waals surface area contributed by atoms with E-state index in [1.54, 1.807) is 54.6 Å². The molecule has 0 aliphatic rings. The van der Waals surface area contributed by atoms with Gasteiger partial charge in [-0.3, -0.25) is 4.79 Å². The fourth-order valence-corrected chi connectivity index (χ4v) is 2.26. The number of benzene rings is 2. The molecule has 0 aromatic heterocycles. The summed E-state index contributed by atoms with van der Waals surface area (Å²) in [6, 6.07) is 15.9. The Bertz CT molecular complexity index is 907. The fourth-order valence-electron chi connectivity index (χ4n) is 2.26. The van der Waals surface area contributed by atoms with Crippen molar-refractivity contribution in [3.05, 3.63) is 83.4 Å². The van der Waals surface area contributed by atoms with E-state index >= 15 is 0 Å². The number of carbonyl (C=O) groups is 2. The maximum Gasteiger partial charge on any atom is 0.337 e. The van der Waals surface area contributed by atoms with Crippen molar-refractivity contribution in [2.45, 2.75) is 6.61 Å². The summed E-state index contributed by atoms with van der Waals surface area (Å²) in [5.74, 6) is -0.187. The number of nitriles is 1. The predicted molar refractivity (Wildman–Crippen MR) is 105 cm³/mol. The maximum absolute atomic E-state index is 11.8. The predicted octanol–water partition coefficient (Wildman–Crippen LogP) is 3.26. The molecule has 0 aliphatic carbocycles. The lowest BCUT2D eigenvalue weighted by Crippen LogP contribution is -2.24. The molecule has 0 bridgehead atoms. The molecule has 1 amide bonds. The molecular formula is C22H20N2O4. The monoisotopic (exact) mass is 376 g/mol. The topological polar surface area (TPSA) is 88.4 Å². The van der Waals surface area contributed by atoms with E-state index in [1.807, 2.05) is 6.07 Å². The standard InChI is InChI=1S/C22H20N2O4/c1-3-12-24-21(25)19(14-23)13-16-6-10-20(11-7-16)28-15-17-4-8-18(9-5-17)22(26)27-2/h3-11,13H,1,12,15H2,2H3,(H,24,25). The van der Waals surface area contributed by atoms with E-state index in [4.69, 9.17) is 10.00 Å². The Morgan fingerprint density at radius 3 is 2.39 bits per heavy atom. The van der Waals surface area contributed by atoms with Gasteiger partial charge in [0, 0.05) is 6.54 Å². The average Bonchev–Trinajstić information content (AvgIpc) is 2.74. The number of amides is 1. The highest BCUT2D eigenvalue weighted by molar-refractivity contribution is 6.01. The van der Waals surface area contributed by atoms with Crippen LogP contribution in [0.25, 0.3) is 6.08 Å². The zero-order valence-electron chi connectivity index (χ0n) is 15.5. The van der Waals surface area contributed by atoms with Gasteiger partial charge < -0.3 is 14.8 Å². The molecule has 0 spiro atoms. The van der Waals surface area contributed by atoms with Crippen LogP contribution in [0.5, 0.6) is 5.75 Å². The highest BCUT2D eigenvalue weighted by atomic mass is 16.5. The molecule has 0 saturated carbocycles. The lowest BCUT2D eigenvalue weighted by atomic mass is 10.1. The van der Waals surface area contributed by atoms with Crippen molar-refractivity contribution in [1.82, 2.24) is 5.32 Å². The SMILES string of the molecule is C=CCNC(=O)C(C#N)=Cc1ccc(OCc2ccc(C(=O)OC)cc2)cc1. The number of nitrogens with zero attached hydrogens (tertiary/aromatic N) is 1. The van der Waals surface area contributed by atoms with Crippen LogP contribution < -0.4 is 10.1 Å². The van der Waals surface area contributed by atoms with Crippen LogP contribution in [0, 0.1) is 11.3 Å². The number of hydrogen-bond donors (Lipinski definition) is 1. The van der Waals surface area contributed by atoms with E-state index in [9.17, 15) is 9.59 Å². The van der Waals surface area contributed by atoms with Gasteiger partial charge >= 0.3 is 5.97 Å². The molecule has 142 valence electrons. The van der Waals surface area contributed by atoms with Crippen LogP contribution in [0.15, 0.2) is 66.8 Å². The van der Waals surface area contributed by atoms with E-state index in [-0.39, 0.29) is 11.5 Å². The van der Waals surface area contributed by atoms with Gasteiger partial charge in [0.15, 0.2) is 0 Å². The number of carbonyl (C=O) groups excluding carboxylic acids is 2. The number of nitrogens with one attached hydrogen (secondary N) is 1. The normalized spacial score (nSPS) is 10.5. The quantitative estimate of drug-likeness (QED) is 0.331. The van der Waals surface area contributed by atoms with E-state index in [1.165, 1.54) is 13.2 Å². The first-order chi connectivity index (χ1) is 13.6. The molecule has 0 saturated heterocycles. The smallest absolute Gasteiger partial charge is 0.337 e. The van der Waals surface area contributed by atoms with Gasteiger partial charge in [0.1, 0.15) is 24.0 Å². The zero-order valence-corrected chi connectivity index (χ0v) is 15.5. The Morgan fingerprint density at radius 1 is 1.14 bits per heavy atom. The van der Waals surface area contributed by atoms with Gasteiger partial charge in [-0.1, -0.05) is 30.3 Å². The van der Waals surface area contributed by atoms with Crippen molar-refractivity contribution in [1.29, 1.82) is 5.26 Å². The summed E-state index contributed by atoms with van der Waals surface area (Å²) in [4.78, 5) is 23.3. The second kappa shape index (κ2) is 10.3. The van der Waals surface area contributed by atoms with Crippen LogP contribution in [0.3, 0.4) is 0 Å². The van der Waals surface area contributed by atoms with Crippen LogP contribution in [0.2, 0.25) is 0 Å². The third kappa shape index (κ3) is 5.85. The van der Waals surface area contributed by atoms with E-state index < -0.39 is 5.91 Å². The lowest BCUT2D eigenvalue weighted by molar-refractivity contribution is -0.116. The van der Waals surface area contributed by atoms with Gasteiger partial charge in [-0.05, 0) is 41.5 Å². The number of esters is 1. The molecule has 6 heteroatoms. The highest BCUT2D eigenvalue weighted by Crippen LogP contribution is 2.16. The van der Waals surface area contributed by atoms with Crippen molar-refractivity contribution in [3.8, 4) is 11.8 Å².